The summed E-state index contributed by atoms with van der Waals surface area (Å²) >= 11 is 0. The van der Waals surface area contributed by atoms with Gasteiger partial charge in [-0.1, -0.05) is 36.4 Å². The molecule has 2 amide bonds. The molecule has 0 spiro atoms. The summed E-state index contributed by atoms with van der Waals surface area (Å²) in [5.74, 6) is 1.76. The lowest BCUT2D eigenvalue weighted by molar-refractivity contribution is -0.136. The van der Waals surface area contributed by atoms with Crippen LogP contribution in [0.4, 0.5) is 11.4 Å². The van der Waals surface area contributed by atoms with E-state index in [0.29, 0.717) is 34.4 Å². The van der Waals surface area contributed by atoms with E-state index in [4.69, 9.17) is 18.9 Å². The Bertz CT molecular complexity index is 1390. The van der Waals surface area contributed by atoms with E-state index >= 15 is 0 Å². The summed E-state index contributed by atoms with van der Waals surface area (Å²) in [6, 6.07) is 32.3. The Morgan fingerprint density at radius 1 is 0.718 bits per heavy atom. The van der Waals surface area contributed by atoms with E-state index in [9.17, 15) is 9.59 Å². The first-order chi connectivity index (χ1) is 19.1. The summed E-state index contributed by atoms with van der Waals surface area (Å²) in [5.41, 5.74) is 1.17. The van der Waals surface area contributed by atoms with Gasteiger partial charge in [-0.3, -0.25) is 19.4 Å². The lowest BCUT2D eigenvalue weighted by Gasteiger charge is -2.50. The van der Waals surface area contributed by atoms with Gasteiger partial charge in [0.25, 0.3) is 11.8 Å². The van der Waals surface area contributed by atoms with Crippen molar-refractivity contribution in [3.8, 4) is 23.0 Å². The van der Waals surface area contributed by atoms with Crippen molar-refractivity contribution in [2.24, 2.45) is 0 Å². The van der Waals surface area contributed by atoms with E-state index in [1.165, 1.54) is 0 Å². The van der Waals surface area contributed by atoms with Gasteiger partial charge in [0, 0.05) is 11.4 Å². The second kappa shape index (κ2) is 11.6. The highest BCUT2D eigenvalue weighted by Crippen LogP contribution is 2.37. The Kier molecular flexibility index (Phi) is 7.63. The third-order valence-electron chi connectivity index (χ3n) is 6.36. The largest absolute Gasteiger partial charge is 0.497 e. The Hall–Kier alpha value is -4.98. The number of amides is 2. The average molecular weight is 525 g/mol. The van der Waals surface area contributed by atoms with Crippen LogP contribution in [0.15, 0.2) is 109 Å². The van der Waals surface area contributed by atoms with E-state index in [2.05, 4.69) is 0 Å². The molecule has 0 saturated carbocycles. The molecule has 4 aromatic carbocycles. The fraction of sp³-hybridized carbons (Fsp3) is 0.161. The van der Waals surface area contributed by atoms with Gasteiger partial charge in [0.2, 0.25) is 6.10 Å². The van der Waals surface area contributed by atoms with Crippen molar-refractivity contribution in [3.63, 3.8) is 0 Å². The number of β-lactam (4-membered cyclic amide) rings is 1. The number of methoxy groups -OCH3 is 2. The van der Waals surface area contributed by atoms with Gasteiger partial charge in [0.1, 0.15) is 23.0 Å². The molecule has 8 heteroatoms. The predicted octanol–water partition coefficient (Wildman–Crippen LogP) is 4.94. The predicted molar refractivity (Wildman–Crippen MR) is 148 cm³/mol. The summed E-state index contributed by atoms with van der Waals surface area (Å²) in [6.45, 7) is -0.241. The molecule has 1 aliphatic heterocycles. The van der Waals surface area contributed by atoms with Crippen LogP contribution in [0.3, 0.4) is 0 Å². The van der Waals surface area contributed by atoms with Crippen LogP contribution < -0.4 is 28.7 Å². The molecule has 0 aliphatic carbocycles. The highest BCUT2D eigenvalue weighted by Gasteiger charge is 2.55. The van der Waals surface area contributed by atoms with Crippen LogP contribution in [0.2, 0.25) is 0 Å². The zero-order valence-corrected chi connectivity index (χ0v) is 21.6. The van der Waals surface area contributed by atoms with E-state index in [1.54, 1.807) is 96.8 Å². The van der Waals surface area contributed by atoms with Gasteiger partial charge in [-0.25, -0.2) is 0 Å². The number of hydrogen-bond donors (Lipinski definition) is 0. The Labute approximate surface area is 226 Å². The second-order valence-electron chi connectivity index (χ2n) is 8.73. The third kappa shape index (κ3) is 5.50. The molecule has 2 atom stereocenters. The van der Waals surface area contributed by atoms with E-state index in [0.717, 1.165) is 0 Å². The van der Waals surface area contributed by atoms with Crippen LogP contribution in [0.5, 0.6) is 23.0 Å². The number of hydrogen-bond acceptors (Lipinski definition) is 6. The number of nitrogens with zero attached hydrogens (tertiary/aromatic N) is 2. The summed E-state index contributed by atoms with van der Waals surface area (Å²) in [6.07, 6.45) is -1.73. The van der Waals surface area contributed by atoms with Crippen LogP contribution in [0.1, 0.15) is 0 Å². The maximum absolute atomic E-state index is 13.8. The molecule has 39 heavy (non-hydrogen) atoms. The Morgan fingerprint density at radius 2 is 1.26 bits per heavy atom. The average Bonchev–Trinajstić information content (AvgIpc) is 3.00. The number of para-hydroxylation sites is 2. The highest BCUT2D eigenvalue weighted by atomic mass is 16.5. The van der Waals surface area contributed by atoms with Crippen molar-refractivity contribution in [2.45, 2.75) is 12.3 Å². The van der Waals surface area contributed by atoms with Crippen LogP contribution in [0.25, 0.3) is 0 Å². The second-order valence-corrected chi connectivity index (χ2v) is 8.73. The summed E-state index contributed by atoms with van der Waals surface area (Å²) in [5, 5.41) is 0. The van der Waals surface area contributed by atoms with Crippen molar-refractivity contribution in [3.05, 3.63) is 109 Å². The minimum absolute atomic E-state index is 0.241. The van der Waals surface area contributed by atoms with Crippen molar-refractivity contribution in [1.82, 2.24) is 0 Å². The summed E-state index contributed by atoms with van der Waals surface area (Å²) < 4.78 is 22.6. The molecule has 1 saturated heterocycles. The first kappa shape index (κ1) is 25.7. The van der Waals surface area contributed by atoms with E-state index in [1.807, 2.05) is 36.4 Å². The molecule has 1 aliphatic rings. The van der Waals surface area contributed by atoms with Crippen LogP contribution in [0, 0.1) is 0 Å². The van der Waals surface area contributed by atoms with Crippen molar-refractivity contribution >= 4 is 23.2 Å². The molecular weight excluding hydrogens is 496 g/mol. The van der Waals surface area contributed by atoms with Gasteiger partial charge in [0.05, 0.1) is 14.2 Å². The number of rotatable bonds is 10. The molecule has 8 nitrogen and oxygen atoms in total. The smallest absolute Gasteiger partial charge is 0.274 e. The molecule has 0 bridgehead atoms. The summed E-state index contributed by atoms with van der Waals surface area (Å²) in [4.78, 5) is 30.5. The number of ether oxygens (including phenoxy) is 4. The molecular formula is C31H28N2O6. The van der Waals surface area contributed by atoms with Gasteiger partial charge >= 0.3 is 0 Å². The monoisotopic (exact) mass is 524 g/mol. The highest BCUT2D eigenvalue weighted by molar-refractivity contribution is 6.09. The quantitative estimate of drug-likeness (QED) is 0.274. The Morgan fingerprint density at radius 3 is 1.82 bits per heavy atom. The fourth-order valence-corrected chi connectivity index (χ4v) is 4.40. The zero-order chi connectivity index (χ0) is 27.2. The van der Waals surface area contributed by atoms with Gasteiger partial charge in [-0.05, 0) is 72.8 Å². The molecule has 1 fully saturated rings. The zero-order valence-electron chi connectivity index (χ0n) is 21.6. The van der Waals surface area contributed by atoms with Crippen LogP contribution >= 0.6 is 0 Å². The molecule has 0 N–H and O–H groups in total. The third-order valence-corrected chi connectivity index (χ3v) is 6.36. The lowest BCUT2D eigenvalue weighted by atomic mass is 10.0. The van der Waals surface area contributed by atoms with Crippen molar-refractivity contribution < 1.29 is 28.5 Å². The van der Waals surface area contributed by atoms with Crippen molar-refractivity contribution in [2.75, 3.05) is 30.6 Å². The molecule has 5 rings (SSSR count). The number of carbonyl (C=O) groups is 2. The van der Waals surface area contributed by atoms with Gasteiger partial charge < -0.3 is 18.9 Å². The standard InChI is InChI=1S/C31H28N2O6/c1-36-24-17-13-22(14-18-24)32(28(34)21-38-26-9-5-3-6-10-26)30-29(39-27-11-7-4-8-12-27)31(35)33(30)23-15-19-25(37-2)20-16-23/h3-20,29-30H,21H2,1-2H3/t29-,30-/m0/s1. The molecule has 1 heterocycles. The SMILES string of the molecule is COc1ccc(N(C(=O)COc2ccccc2)[C@@H]2[C@H](Oc3ccccc3)C(=O)N2c2ccc(OC)cc2)cc1. The number of carbonyl (C=O) groups excluding carboxylic acids is 2. The molecule has 0 radical (unpaired) electrons. The lowest BCUT2D eigenvalue weighted by Crippen LogP contribution is -2.75. The molecule has 0 aromatic heterocycles. The molecule has 198 valence electrons. The van der Waals surface area contributed by atoms with Crippen molar-refractivity contribution in [1.29, 1.82) is 0 Å². The number of anilines is 2. The fourth-order valence-electron chi connectivity index (χ4n) is 4.40. The minimum atomic E-state index is -0.947. The van der Waals surface area contributed by atoms with Crippen LogP contribution in [-0.2, 0) is 9.59 Å². The van der Waals surface area contributed by atoms with E-state index < -0.39 is 12.3 Å². The topological polar surface area (TPSA) is 77.5 Å². The first-order valence-electron chi connectivity index (χ1n) is 12.4. The summed E-state index contributed by atoms with van der Waals surface area (Å²) in [7, 11) is 3.15. The Balaban J connectivity index is 1.53. The molecule has 4 aromatic rings. The maximum Gasteiger partial charge on any atom is 0.274 e. The van der Waals surface area contributed by atoms with Gasteiger partial charge in [-0.15, -0.1) is 0 Å². The molecule has 0 unspecified atom stereocenters. The maximum atomic E-state index is 13.8. The van der Waals surface area contributed by atoms with Gasteiger partial charge in [-0.2, -0.15) is 0 Å². The number of benzene rings is 4. The minimum Gasteiger partial charge on any atom is -0.497 e. The van der Waals surface area contributed by atoms with E-state index in [-0.39, 0.29) is 18.4 Å². The van der Waals surface area contributed by atoms with Gasteiger partial charge in [0.15, 0.2) is 12.8 Å². The van der Waals surface area contributed by atoms with Crippen LogP contribution in [-0.4, -0.2) is 44.9 Å². The normalized spacial score (nSPS) is 16.2. The first-order valence-corrected chi connectivity index (χ1v) is 12.4.